The lowest BCUT2D eigenvalue weighted by atomic mass is 10.4. The predicted octanol–water partition coefficient (Wildman–Crippen LogP) is 1.28. The van der Waals surface area contributed by atoms with Crippen molar-refractivity contribution in [2.24, 2.45) is 0 Å². The van der Waals surface area contributed by atoms with Crippen molar-refractivity contribution in [2.45, 2.75) is 38.4 Å². The van der Waals surface area contributed by atoms with Crippen molar-refractivity contribution in [3.8, 4) is 0 Å². The van der Waals surface area contributed by atoms with Crippen LogP contribution in [0.1, 0.15) is 25.0 Å². The summed E-state index contributed by atoms with van der Waals surface area (Å²) in [6.45, 7) is 1.85. The van der Waals surface area contributed by atoms with Gasteiger partial charge >= 0.3 is 0 Å². The first-order valence-electron chi connectivity index (χ1n) is 5.50. The summed E-state index contributed by atoms with van der Waals surface area (Å²) in [6.07, 6.45) is 7.99. The largest absolute Gasteiger partial charge is 0.308 e. The van der Waals surface area contributed by atoms with Crippen LogP contribution in [-0.2, 0) is 13.1 Å². The molecule has 1 aromatic heterocycles. The molecule has 84 valence electrons. The van der Waals surface area contributed by atoms with Gasteiger partial charge < -0.3 is 5.32 Å². The van der Waals surface area contributed by atoms with Gasteiger partial charge in [-0.25, -0.2) is 0 Å². The molecule has 1 N–H and O–H groups in total. The summed E-state index contributed by atoms with van der Waals surface area (Å²) in [4.78, 5) is 0. The molecular formula is C10H18N4S. The Hall–Kier alpha value is -0.550. The number of thioether (sulfide) groups is 1. The molecule has 0 amide bonds. The Morgan fingerprint density at radius 1 is 1.60 bits per heavy atom. The molecule has 1 saturated carbocycles. The maximum atomic E-state index is 4.14. The van der Waals surface area contributed by atoms with Crippen molar-refractivity contribution in [1.82, 2.24) is 20.3 Å². The predicted molar refractivity (Wildman–Crippen MR) is 62.9 cm³/mol. The van der Waals surface area contributed by atoms with E-state index in [4.69, 9.17) is 0 Å². The highest BCUT2D eigenvalue weighted by molar-refractivity contribution is 7.98. The Labute approximate surface area is 94.8 Å². The van der Waals surface area contributed by atoms with Gasteiger partial charge in [0.05, 0.1) is 5.69 Å². The van der Waals surface area contributed by atoms with Gasteiger partial charge in [-0.3, -0.25) is 4.68 Å². The standard InChI is InChI=1S/C10H18N4S/c1-15-6-2-5-14-8-10(12-13-14)7-11-9-3-4-9/h8-9,11H,2-7H2,1H3. The third-order valence-electron chi connectivity index (χ3n) is 2.47. The summed E-state index contributed by atoms with van der Waals surface area (Å²) in [7, 11) is 0. The van der Waals surface area contributed by atoms with E-state index in [-0.39, 0.29) is 0 Å². The molecule has 0 saturated heterocycles. The van der Waals surface area contributed by atoms with Crippen LogP contribution in [0.25, 0.3) is 0 Å². The molecule has 1 aliphatic rings. The first-order valence-corrected chi connectivity index (χ1v) is 6.89. The van der Waals surface area contributed by atoms with Gasteiger partial charge in [-0.15, -0.1) is 5.10 Å². The summed E-state index contributed by atoms with van der Waals surface area (Å²) < 4.78 is 1.94. The summed E-state index contributed by atoms with van der Waals surface area (Å²) in [5.74, 6) is 1.19. The Morgan fingerprint density at radius 3 is 3.20 bits per heavy atom. The minimum absolute atomic E-state index is 0.742. The number of nitrogens with one attached hydrogen (secondary N) is 1. The van der Waals surface area contributed by atoms with Crippen LogP contribution in [0, 0.1) is 0 Å². The Balaban J connectivity index is 1.70. The van der Waals surface area contributed by atoms with Gasteiger partial charge in [-0.1, -0.05) is 5.21 Å². The third-order valence-corrected chi connectivity index (χ3v) is 3.17. The number of hydrogen-bond donors (Lipinski definition) is 1. The van der Waals surface area contributed by atoms with E-state index < -0.39 is 0 Å². The van der Waals surface area contributed by atoms with Gasteiger partial charge in [-0.2, -0.15) is 11.8 Å². The van der Waals surface area contributed by atoms with Crippen molar-refractivity contribution in [3.05, 3.63) is 11.9 Å². The van der Waals surface area contributed by atoms with Crippen molar-refractivity contribution in [3.63, 3.8) is 0 Å². The molecule has 15 heavy (non-hydrogen) atoms. The monoisotopic (exact) mass is 226 g/mol. The van der Waals surface area contributed by atoms with Crippen molar-refractivity contribution < 1.29 is 0 Å². The van der Waals surface area contributed by atoms with E-state index in [1.165, 1.54) is 25.0 Å². The molecule has 0 atom stereocenters. The summed E-state index contributed by atoms with van der Waals surface area (Å²) in [6, 6.07) is 0.742. The number of aryl methyl sites for hydroxylation is 1. The maximum Gasteiger partial charge on any atom is 0.0964 e. The van der Waals surface area contributed by atoms with Crippen LogP contribution in [0.5, 0.6) is 0 Å². The smallest absolute Gasteiger partial charge is 0.0964 e. The fourth-order valence-electron chi connectivity index (χ4n) is 1.44. The van der Waals surface area contributed by atoms with Gasteiger partial charge in [0.1, 0.15) is 0 Å². The first kappa shape index (κ1) is 11.0. The topological polar surface area (TPSA) is 42.7 Å². The van der Waals surface area contributed by atoms with Crippen molar-refractivity contribution >= 4 is 11.8 Å². The van der Waals surface area contributed by atoms with E-state index in [2.05, 4.69) is 28.1 Å². The molecule has 1 aromatic rings. The molecular weight excluding hydrogens is 208 g/mol. The van der Waals surface area contributed by atoms with E-state index in [1.807, 2.05) is 16.4 Å². The highest BCUT2D eigenvalue weighted by Gasteiger charge is 2.20. The molecule has 5 heteroatoms. The zero-order valence-electron chi connectivity index (χ0n) is 9.15. The third kappa shape index (κ3) is 3.83. The lowest BCUT2D eigenvalue weighted by molar-refractivity contribution is 0.581. The van der Waals surface area contributed by atoms with Crippen molar-refractivity contribution in [2.75, 3.05) is 12.0 Å². The molecule has 0 unspecified atom stereocenters. The van der Waals surface area contributed by atoms with Gasteiger partial charge in [0, 0.05) is 25.3 Å². The van der Waals surface area contributed by atoms with Gasteiger partial charge in [0.15, 0.2) is 0 Å². The number of rotatable bonds is 7. The lowest BCUT2D eigenvalue weighted by Crippen LogP contribution is -2.15. The van der Waals surface area contributed by atoms with Crippen LogP contribution in [-0.4, -0.2) is 33.0 Å². The summed E-state index contributed by atoms with van der Waals surface area (Å²) in [5, 5.41) is 11.7. The Morgan fingerprint density at radius 2 is 2.47 bits per heavy atom. The maximum absolute atomic E-state index is 4.14. The first-order chi connectivity index (χ1) is 7.38. The second-order valence-corrected chi connectivity index (χ2v) is 4.96. The zero-order valence-corrected chi connectivity index (χ0v) is 9.96. The lowest BCUT2D eigenvalue weighted by Gasteiger charge is -1.98. The van der Waals surface area contributed by atoms with Gasteiger partial charge in [0.25, 0.3) is 0 Å². The Kier molecular flexibility index (Phi) is 4.02. The van der Waals surface area contributed by atoms with Crippen LogP contribution in [0.3, 0.4) is 0 Å². The van der Waals surface area contributed by atoms with Gasteiger partial charge in [-0.05, 0) is 31.3 Å². The average molecular weight is 226 g/mol. The number of nitrogens with zero attached hydrogens (tertiary/aromatic N) is 3. The second-order valence-electron chi connectivity index (χ2n) is 3.97. The van der Waals surface area contributed by atoms with Crippen molar-refractivity contribution in [1.29, 1.82) is 0 Å². The van der Waals surface area contributed by atoms with Crippen LogP contribution in [0.15, 0.2) is 6.20 Å². The van der Waals surface area contributed by atoms with E-state index >= 15 is 0 Å². The van der Waals surface area contributed by atoms with Gasteiger partial charge in [0.2, 0.25) is 0 Å². The van der Waals surface area contributed by atoms with Crippen LogP contribution in [0.4, 0.5) is 0 Å². The van der Waals surface area contributed by atoms with E-state index in [9.17, 15) is 0 Å². The molecule has 0 aromatic carbocycles. The van der Waals surface area contributed by atoms with Crippen LogP contribution >= 0.6 is 11.8 Å². The summed E-state index contributed by atoms with van der Waals surface area (Å²) >= 11 is 1.88. The number of hydrogen-bond acceptors (Lipinski definition) is 4. The highest BCUT2D eigenvalue weighted by Crippen LogP contribution is 2.18. The molecule has 2 rings (SSSR count). The molecule has 1 aliphatic carbocycles. The SMILES string of the molecule is CSCCCn1cc(CNC2CC2)nn1. The molecule has 1 heterocycles. The van der Waals surface area contributed by atoms with E-state index in [1.54, 1.807) is 0 Å². The number of aromatic nitrogens is 3. The second kappa shape index (κ2) is 5.51. The zero-order chi connectivity index (χ0) is 10.5. The molecule has 0 aliphatic heterocycles. The fraction of sp³-hybridized carbons (Fsp3) is 0.800. The van der Waals surface area contributed by atoms with Crippen LogP contribution < -0.4 is 5.32 Å². The quantitative estimate of drug-likeness (QED) is 0.711. The molecule has 0 bridgehead atoms. The van der Waals surface area contributed by atoms with E-state index in [0.29, 0.717) is 0 Å². The summed E-state index contributed by atoms with van der Waals surface area (Å²) in [5.41, 5.74) is 1.06. The average Bonchev–Trinajstić information content (AvgIpc) is 2.97. The fourth-order valence-corrected chi connectivity index (χ4v) is 1.85. The molecule has 0 radical (unpaired) electrons. The normalized spacial score (nSPS) is 15.8. The highest BCUT2D eigenvalue weighted by atomic mass is 32.2. The molecule has 0 spiro atoms. The van der Waals surface area contributed by atoms with Crippen LogP contribution in [0.2, 0.25) is 0 Å². The minimum Gasteiger partial charge on any atom is -0.308 e. The Bertz CT molecular complexity index is 295. The molecule has 4 nitrogen and oxygen atoms in total. The minimum atomic E-state index is 0.742. The van der Waals surface area contributed by atoms with E-state index in [0.717, 1.165) is 24.8 Å². The molecule has 1 fully saturated rings.